The van der Waals surface area contributed by atoms with E-state index in [1.54, 1.807) is 19.4 Å². The van der Waals surface area contributed by atoms with Gasteiger partial charge in [0.15, 0.2) is 0 Å². The van der Waals surface area contributed by atoms with Crippen LogP contribution < -0.4 is 5.32 Å². The first-order valence-corrected chi connectivity index (χ1v) is 6.54. The molecular formula is C12H16N6O2. The van der Waals surface area contributed by atoms with E-state index in [9.17, 15) is 4.79 Å². The number of aromatic nitrogens is 4. The molecular weight excluding hydrogens is 260 g/mol. The molecule has 1 unspecified atom stereocenters. The Kier molecular flexibility index (Phi) is 3.46. The molecule has 2 aromatic rings. The molecule has 8 heteroatoms. The number of hydrogen-bond donors (Lipinski definition) is 2. The quantitative estimate of drug-likeness (QED) is 0.843. The second-order valence-corrected chi connectivity index (χ2v) is 4.87. The molecule has 1 aliphatic heterocycles. The molecule has 2 N–H and O–H groups in total. The van der Waals surface area contributed by atoms with Crippen molar-refractivity contribution in [3.63, 3.8) is 0 Å². The third kappa shape index (κ3) is 2.55. The van der Waals surface area contributed by atoms with E-state index < -0.39 is 0 Å². The zero-order chi connectivity index (χ0) is 13.9. The van der Waals surface area contributed by atoms with Crippen LogP contribution in [0.15, 0.2) is 16.9 Å². The largest absolute Gasteiger partial charge is 0.337 e. The molecule has 0 spiro atoms. The number of aromatic amines is 1. The minimum Gasteiger partial charge on any atom is -0.337 e. The van der Waals surface area contributed by atoms with Gasteiger partial charge in [0.05, 0.1) is 12.2 Å². The highest BCUT2D eigenvalue weighted by molar-refractivity contribution is 5.90. The molecule has 8 nitrogen and oxygen atoms in total. The van der Waals surface area contributed by atoms with Crippen LogP contribution >= 0.6 is 0 Å². The molecule has 1 atom stereocenters. The maximum absolute atomic E-state index is 12.2. The van der Waals surface area contributed by atoms with Gasteiger partial charge in [-0.3, -0.25) is 9.89 Å². The number of rotatable bonds is 4. The van der Waals surface area contributed by atoms with Crippen LogP contribution in [-0.4, -0.2) is 44.7 Å². The molecule has 0 radical (unpaired) electrons. The van der Waals surface area contributed by atoms with Crippen LogP contribution in [0.3, 0.4) is 0 Å². The van der Waals surface area contributed by atoms with Crippen LogP contribution in [0.25, 0.3) is 0 Å². The lowest BCUT2D eigenvalue weighted by molar-refractivity contribution is 0.0769. The van der Waals surface area contributed by atoms with Gasteiger partial charge in [-0.25, -0.2) is 0 Å². The minimum absolute atomic E-state index is 0.0724. The summed E-state index contributed by atoms with van der Waals surface area (Å²) >= 11 is 0. The molecule has 1 amide bonds. The van der Waals surface area contributed by atoms with E-state index in [1.807, 2.05) is 0 Å². The topological polar surface area (TPSA) is 99.9 Å². The summed E-state index contributed by atoms with van der Waals surface area (Å²) in [6, 6.07) is 0.0724. The highest BCUT2D eigenvalue weighted by Gasteiger charge is 2.25. The maximum atomic E-state index is 12.2. The monoisotopic (exact) mass is 276 g/mol. The predicted octanol–water partition coefficient (Wildman–Crippen LogP) is 0.489. The van der Waals surface area contributed by atoms with Gasteiger partial charge in [-0.05, 0) is 19.4 Å². The van der Waals surface area contributed by atoms with Gasteiger partial charge >= 0.3 is 0 Å². The van der Waals surface area contributed by atoms with Gasteiger partial charge in [0.2, 0.25) is 5.89 Å². The summed E-state index contributed by atoms with van der Waals surface area (Å²) in [6.07, 6.45) is 5.46. The van der Waals surface area contributed by atoms with E-state index in [4.69, 9.17) is 4.52 Å². The van der Waals surface area contributed by atoms with E-state index in [0.717, 1.165) is 24.9 Å². The number of nitrogens with zero attached hydrogens (tertiary/aromatic N) is 4. The lowest BCUT2D eigenvalue weighted by Crippen LogP contribution is -2.27. The average Bonchev–Trinajstić information content (AvgIpc) is 3.18. The minimum atomic E-state index is -0.265. The van der Waals surface area contributed by atoms with Crippen molar-refractivity contribution >= 4 is 5.91 Å². The number of amides is 1. The number of H-pyrrole nitrogens is 1. The SMILES string of the molecule is CN(Cc1cn[nH]c1)C(=O)c1noc(C2CCCN2)n1. The van der Waals surface area contributed by atoms with Crippen LogP contribution in [0.2, 0.25) is 0 Å². The van der Waals surface area contributed by atoms with Crippen LogP contribution in [0, 0.1) is 0 Å². The Morgan fingerprint density at radius 1 is 1.60 bits per heavy atom. The van der Waals surface area contributed by atoms with Gasteiger partial charge in [-0.15, -0.1) is 0 Å². The molecule has 1 fully saturated rings. The van der Waals surface area contributed by atoms with E-state index in [1.165, 1.54) is 4.90 Å². The first-order chi connectivity index (χ1) is 9.74. The lowest BCUT2D eigenvalue weighted by Gasteiger charge is -2.13. The summed E-state index contributed by atoms with van der Waals surface area (Å²) in [5, 5.41) is 13.6. The van der Waals surface area contributed by atoms with E-state index in [2.05, 4.69) is 25.7 Å². The smallest absolute Gasteiger partial charge is 0.295 e. The Balaban J connectivity index is 1.67. The summed E-state index contributed by atoms with van der Waals surface area (Å²) in [7, 11) is 1.69. The van der Waals surface area contributed by atoms with Gasteiger partial charge < -0.3 is 14.7 Å². The molecule has 0 aromatic carbocycles. The van der Waals surface area contributed by atoms with E-state index >= 15 is 0 Å². The summed E-state index contributed by atoms with van der Waals surface area (Å²) in [5.41, 5.74) is 0.919. The molecule has 3 heterocycles. The van der Waals surface area contributed by atoms with Gasteiger partial charge in [0, 0.05) is 25.4 Å². The Labute approximate surface area is 115 Å². The lowest BCUT2D eigenvalue weighted by atomic mass is 10.2. The van der Waals surface area contributed by atoms with Crippen LogP contribution in [0.4, 0.5) is 0 Å². The zero-order valence-electron chi connectivity index (χ0n) is 11.2. The molecule has 106 valence electrons. The van der Waals surface area contributed by atoms with Crippen LogP contribution in [-0.2, 0) is 6.54 Å². The second kappa shape index (κ2) is 5.41. The molecule has 0 aliphatic carbocycles. The molecule has 1 aliphatic rings. The van der Waals surface area contributed by atoms with E-state index in [0.29, 0.717) is 12.4 Å². The van der Waals surface area contributed by atoms with Crippen LogP contribution in [0.5, 0.6) is 0 Å². The highest BCUT2D eigenvalue weighted by Crippen LogP contribution is 2.21. The van der Waals surface area contributed by atoms with E-state index in [-0.39, 0.29) is 17.8 Å². The third-order valence-electron chi connectivity index (χ3n) is 3.31. The highest BCUT2D eigenvalue weighted by atomic mass is 16.5. The summed E-state index contributed by atoms with van der Waals surface area (Å²) in [4.78, 5) is 17.9. The first-order valence-electron chi connectivity index (χ1n) is 6.54. The molecule has 0 bridgehead atoms. The van der Waals surface area contributed by atoms with Crippen molar-refractivity contribution in [1.82, 2.24) is 30.6 Å². The number of nitrogens with one attached hydrogen (secondary N) is 2. The van der Waals surface area contributed by atoms with Crippen LogP contribution in [0.1, 0.15) is 41.0 Å². The molecule has 3 rings (SSSR count). The molecule has 2 aromatic heterocycles. The Morgan fingerprint density at radius 3 is 3.20 bits per heavy atom. The third-order valence-corrected chi connectivity index (χ3v) is 3.31. The van der Waals surface area contributed by atoms with Gasteiger partial charge in [0.25, 0.3) is 11.7 Å². The molecule has 1 saturated heterocycles. The number of hydrogen-bond acceptors (Lipinski definition) is 6. The maximum Gasteiger partial charge on any atom is 0.295 e. The van der Waals surface area contributed by atoms with Gasteiger partial charge in [-0.2, -0.15) is 10.1 Å². The fraction of sp³-hybridized carbons (Fsp3) is 0.500. The summed E-state index contributed by atoms with van der Waals surface area (Å²) in [6.45, 7) is 1.39. The van der Waals surface area contributed by atoms with Gasteiger partial charge in [-0.1, -0.05) is 5.16 Å². The number of carbonyl (C=O) groups is 1. The van der Waals surface area contributed by atoms with Crippen molar-refractivity contribution < 1.29 is 9.32 Å². The van der Waals surface area contributed by atoms with Crippen molar-refractivity contribution in [2.75, 3.05) is 13.6 Å². The van der Waals surface area contributed by atoms with Crippen molar-refractivity contribution in [3.05, 3.63) is 29.7 Å². The van der Waals surface area contributed by atoms with Crippen molar-refractivity contribution in [3.8, 4) is 0 Å². The zero-order valence-corrected chi connectivity index (χ0v) is 11.2. The van der Waals surface area contributed by atoms with Crippen molar-refractivity contribution in [1.29, 1.82) is 0 Å². The Bertz CT molecular complexity index is 573. The van der Waals surface area contributed by atoms with Gasteiger partial charge in [0.1, 0.15) is 0 Å². The Hall–Kier alpha value is -2.22. The molecule has 20 heavy (non-hydrogen) atoms. The average molecular weight is 276 g/mol. The standard InChI is InChI=1S/C12H16N6O2/c1-18(7-8-5-14-15-6-8)12(19)10-16-11(20-17-10)9-3-2-4-13-9/h5-6,9,13H,2-4,7H2,1H3,(H,14,15). The fourth-order valence-corrected chi connectivity index (χ4v) is 2.24. The fourth-order valence-electron chi connectivity index (χ4n) is 2.24. The summed E-state index contributed by atoms with van der Waals surface area (Å²) in [5.74, 6) is 0.321. The normalized spacial score (nSPS) is 18.4. The van der Waals surface area contributed by atoms with Crippen molar-refractivity contribution in [2.45, 2.75) is 25.4 Å². The predicted molar refractivity (Wildman–Crippen MR) is 68.7 cm³/mol. The number of carbonyl (C=O) groups excluding carboxylic acids is 1. The summed E-state index contributed by atoms with van der Waals surface area (Å²) < 4.78 is 5.17. The first kappa shape index (κ1) is 12.8. The Morgan fingerprint density at radius 2 is 2.50 bits per heavy atom. The molecule has 0 saturated carbocycles. The second-order valence-electron chi connectivity index (χ2n) is 4.87. The van der Waals surface area contributed by atoms with Crippen molar-refractivity contribution in [2.24, 2.45) is 0 Å².